The van der Waals surface area contributed by atoms with Crippen LogP contribution in [0.2, 0.25) is 0 Å². The lowest BCUT2D eigenvalue weighted by atomic mass is 10.4. The molecule has 3 aromatic rings. The number of ether oxygens (including phenoxy) is 1. The number of aromatic nitrogens is 5. The summed E-state index contributed by atoms with van der Waals surface area (Å²) in [5, 5.41) is 8.94. The van der Waals surface area contributed by atoms with Crippen LogP contribution in [-0.2, 0) is 0 Å². The number of fused-ring (bicyclic) bond motifs is 1. The van der Waals surface area contributed by atoms with E-state index >= 15 is 0 Å². The average molecular weight is 272 g/mol. The maximum absolute atomic E-state index is 12.0. The van der Waals surface area contributed by atoms with Crippen LogP contribution in [-0.4, -0.2) is 37.1 Å². The van der Waals surface area contributed by atoms with Gasteiger partial charge in [-0.15, -0.1) is 5.10 Å². The number of pyridine rings is 1. The van der Waals surface area contributed by atoms with Crippen molar-refractivity contribution in [2.45, 2.75) is 6.92 Å². The Hall–Kier alpha value is -2.90. The van der Waals surface area contributed by atoms with Gasteiger partial charge < -0.3 is 9.14 Å². The molecule has 0 unspecified atom stereocenters. The lowest BCUT2D eigenvalue weighted by molar-refractivity contribution is 0.102. The molecule has 20 heavy (non-hydrogen) atoms. The zero-order chi connectivity index (χ0) is 13.9. The van der Waals surface area contributed by atoms with E-state index in [0.29, 0.717) is 17.9 Å². The van der Waals surface area contributed by atoms with Crippen molar-refractivity contribution in [1.29, 1.82) is 0 Å². The predicted octanol–water partition coefficient (Wildman–Crippen LogP) is 1.10. The van der Waals surface area contributed by atoms with Gasteiger partial charge in [-0.25, -0.2) is 10.1 Å². The van der Waals surface area contributed by atoms with Crippen LogP contribution in [0.25, 0.3) is 5.65 Å². The number of hydrogen-bond donors (Lipinski definition) is 2. The number of H-pyrrole nitrogens is 1. The number of amides is 1. The average Bonchev–Trinajstić information content (AvgIpc) is 3.05. The van der Waals surface area contributed by atoms with E-state index < -0.39 is 0 Å². The number of nitrogens with zero attached hydrogens (tertiary/aromatic N) is 4. The molecule has 0 saturated carbocycles. The maximum atomic E-state index is 12.0. The summed E-state index contributed by atoms with van der Waals surface area (Å²) < 4.78 is 6.86. The Bertz CT molecular complexity index is 714. The third-order valence-corrected chi connectivity index (χ3v) is 2.57. The number of nitrogens with one attached hydrogen (secondary N) is 2. The number of carbonyl (C=O) groups is 1. The fourth-order valence-corrected chi connectivity index (χ4v) is 1.71. The largest absolute Gasteiger partial charge is 0.463 e. The molecule has 8 heteroatoms. The molecule has 3 heterocycles. The van der Waals surface area contributed by atoms with Crippen molar-refractivity contribution in [3.05, 3.63) is 36.3 Å². The molecule has 0 atom stereocenters. The first-order chi connectivity index (χ1) is 9.76. The van der Waals surface area contributed by atoms with E-state index in [1.807, 2.05) is 31.3 Å². The highest BCUT2D eigenvalue weighted by Crippen LogP contribution is 2.09. The summed E-state index contributed by atoms with van der Waals surface area (Å²) in [6, 6.07) is 5.73. The first kappa shape index (κ1) is 12.2. The first-order valence-corrected chi connectivity index (χ1v) is 6.06. The van der Waals surface area contributed by atoms with Crippen molar-refractivity contribution >= 4 is 17.5 Å². The maximum Gasteiger partial charge on any atom is 0.337 e. The fourth-order valence-electron chi connectivity index (χ4n) is 1.71. The summed E-state index contributed by atoms with van der Waals surface area (Å²) in [6.07, 6.45) is 3.46. The predicted molar refractivity (Wildman–Crippen MR) is 70.7 cm³/mol. The quantitative estimate of drug-likeness (QED) is 0.741. The Kier molecular flexibility index (Phi) is 3.04. The first-order valence-electron chi connectivity index (χ1n) is 6.06. The summed E-state index contributed by atoms with van der Waals surface area (Å²) >= 11 is 0. The lowest BCUT2D eigenvalue weighted by Gasteiger charge is -1.96. The number of hydrogen-bond acceptors (Lipinski definition) is 5. The van der Waals surface area contributed by atoms with E-state index in [1.165, 1.54) is 0 Å². The highest BCUT2D eigenvalue weighted by Gasteiger charge is 2.13. The van der Waals surface area contributed by atoms with Crippen LogP contribution in [0.1, 0.15) is 17.4 Å². The normalized spacial score (nSPS) is 10.7. The number of carbonyl (C=O) groups excluding carboxylic acids is 1. The van der Waals surface area contributed by atoms with Crippen molar-refractivity contribution in [3.63, 3.8) is 0 Å². The number of imidazole rings is 1. The number of anilines is 1. The molecule has 0 spiro atoms. The number of rotatable bonds is 4. The molecule has 0 bridgehead atoms. The summed E-state index contributed by atoms with van der Waals surface area (Å²) in [4.78, 5) is 20.2. The van der Waals surface area contributed by atoms with E-state index in [2.05, 4.69) is 25.5 Å². The molecule has 3 aromatic heterocycles. The molecule has 0 aliphatic carbocycles. The molecule has 0 radical (unpaired) electrons. The van der Waals surface area contributed by atoms with Crippen molar-refractivity contribution in [2.24, 2.45) is 0 Å². The monoisotopic (exact) mass is 272 g/mol. The summed E-state index contributed by atoms with van der Waals surface area (Å²) in [5.74, 6) is -0.150. The molecule has 0 saturated heterocycles. The summed E-state index contributed by atoms with van der Waals surface area (Å²) in [7, 11) is 0. The minimum Gasteiger partial charge on any atom is -0.463 e. The van der Waals surface area contributed by atoms with Crippen LogP contribution < -0.4 is 10.1 Å². The van der Waals surface area contributed by atoms with Gasteiger partial charge in [0.05, 0.1) is 6.61 Å². The zero-order valence-corrected chi connectivity index (χ0v) is 10.7. The topological polar surface area (TPSA) is 97.2 Å². The lowest BCUT2D eigenvalue weighted by Crippen LogP contribution is -2.13. The second-order valence-corrected chi connectivity index (χ2v) is 3.95. The molecule has 1 amide bonds. The molecule has 102 valence electrons. The summed E-state index contributed by atoms with van der Waals surface area (Å²) in [5.41, 5.74) is 0.996. The molecular formula is C12H12N6O2. The van der Waals surface area contributed by atoms with Crippen LogP contribution in [0.4, 0.5) is 5.95 Å². The smallest absolute Gasteiger partial charge is 0.337 e. The Morgan fingerprint density at radius 1 is 1.45 bits per heavy atom. The number of aromatic amines is 1. The molecular weight excluding hydrogens is 260 g/mol. The summed E-state index contributed by atoms with van der Waals surface area (Å²) in [6.45, 7) is 2.28. The van der Waals surface area contributed by atoms with Gasteiger partial charge in [0, 0.05) is 12.4 Å². The Balaban J connectivity index is 1.77. The highest BCUT2D eigenvalue weighted by atomic mass is 16.5. The van der Waals surface area contributed by atoms with Crippen LogP contribution >= 0.6 is 0 Å². The van der Waals surface area contributed by atoms with Gasteiger partial charge in [-0.2, -0.15) is 4.98 Å². The van der Waals surface area contributed by atoms with E-state index in [0.717, 1.165) is 0 Å². The second kappa shape index (κ2) is 5.00. The van der Waals surface area contributed by atoms with Crippen LogP contribution in [0.3, 0.4) is 0 Å². The van der Waals surface area contributed by atoms with Crippen molar-refractivity contribution in [1.82, 2.24) is 24.6 Å². The molecule has 0 aliphatic heterocycles. The molecule has 0 fully saturated rings. The van der Waals surface area contributed by atoms with E-state index in [4.69, 9.17) is 4.74 Å². The molecule has 0 aliphatic rings. The standard InChI is InChI=1S/C12H12N6O2/c1-2-20-12-15-11(16-17-12)14-10(19)8-7-18-6-4-3-5-9(18)13-8/h3-7H,2H2,1H3,(H2,14,15,16,17,19). The third kappa shape index (κ3) is 2.30. The van der Waals surface area contributed by atoms with Crippen LogP contribution in [0.15, 0.2) is 30.6 Å². The van der Waals surface area contributed by atoms with Crippen molar-refractivity contribution < 1.29 is 9.53 Å². The van der Waals surface area contributed by atoms with Gasteiger partial charge in [0.25, 0.3) is 5.91 Å². The van der Waals surface area contributed by atoms with Crippen molar-refractivity contribution in [3.8, 4) is 6.01 Å². The fraction of sp³-hybridized carbons (Fsp3) is 0.167. The van der Waals surface area contributed by atoms with E-state index in [1.54, 1.807) is 10.6 Å². The van der Waals surface area contributed by atoms with Gasteiger partial charge in [0.15, 0.2) is 0 Å². The molecule has 8 nitrogen and oxygen atoms in total. The van der Waals surface area contributed by atoms with Crippen LogP contribution in [0.5, 0.6) is 6.01 Å². The van der Waals surface area contributed by atoms with Gasteiger partial charge in [0.2, 0.25) is 5.95 Å². The third-order valence-electron chi connectivity index (χ3n) is 2.57. The Morgan fingerprint density at radius 2 is 2.35 bits per heavy atom. The van der Waals surface area contributed by atoms with Crippen molar-refractivity contribution in [2.75, 3.05) is 11.9 Å². The van der Waals surface area contributed by atoms with Gasteiger partial charge in [-0.05, 0) is 19.1 Å². The molecule has 3 rings (SSSR count). The Morgan fingerprint density at radius 3 is 3.15 bits per heavy atom. The van der Waals surface area contributed by atoms with Gasteiger partial charge in [-0.1, -0.05) is 6.07 Å². The minimum atomic E-state index is -0.368. The molecule has 2 N–H and O–H groups in total. The zero-order valence-electron chi connectivity index (χ0n) is 10.7. The minimum absolute atomic E-state index is 0.192. The SMILES string of the molecule is CCOc1n[nH]c(NC(=O)c2cn3ccccc3n2)n1. The van der Waals surface area contributed by atoms with E-state index in [9.17, 15) is 4.79 Å². The van der Waals surface area contributed by atoms with Crippen LogP contribution in [0, 0.1) is 0 Å². The van der Waals surface area contributed by atoms with Gasteiger partial charge >= 0.3 is 6.01 Å². The van der Waals surface area contributed by atoms with Gasteiger partial charge in [0.1, 0.15) is 11.3 Å². The van der Waals surface area contributed by atoms with Gasteiger partial charge in [-0.3, -0.25) is 10.1 Å². The molecule has 0 aromatic carbocycles. The second-order valence-electron chi connectivity index (χ2n) is 3.95. The Labute approximate surface area is 113 Å². The van der Waals surface area contributed by atoms with E-state index in [-0.39, 0.29) is 17.9 Å². The highest BCUT2D eigenvalue weighted by molar-refractivity contribution is 6.02.